The van der Waals surface area contributed by atoms with Gasteiger partial charge < -0.3 is 21.3 Å². The lowest BCUT2D eigenvalue weighted by Crippen LogP contribution is -2.35. The molecule has 0 atom stereocenters. The third-order valence-electron chi connectivity index (χ3n) is 5.50. The van der Waals surface area contributed by atoms with Gasteiger partial charge in [-0.2, -0.15) is 0 Å². The van der Waals surface area contributed by atoms with Crippen LogP contribution < -0.4 is 11.1 Å². The second-order valence-electron chi connectivity index (χ2n) is 7.73. The van der Waals surface area contributed by atoms with E-state index in [1.165, 1.54) is 6.07 Å². The van der Waals surface area contributed by atoms with Crippen LogP contribution in [0.1, 0.15) is 39.1 Å². The lowest BCUT2D eigenvalue weighted by molar-refractivity contribution is 0.0792. The molecule has 0 unspecified atom stereocenters. The van der Waals surface area contributed by atoms with Gasteiger partial charge in [0.15, 0.2) is 5.75 Å². The SMILES string of the molecule is NC(=O)c1c(NC(=O)c2ccc(CN3CCC(O)CC3)cc2)sc2c(Cl)c(O)c(Cl)cc12. The van der Waals surface area contributed by atoms with E-state index in [0.29, 0.717) is 15.6 Å². The number of phenols is 1. The highest BCUT2D eigenvalue weighted by molar-refractivity contribution is 7.24. The van der Waals surface area contributed by atoms with Gasteiger partial charge in [-0.1, -0.05) is 35.3 Å². The Bertz CT molecular complexity index is 1190. The number of carbonyl (C=O) groups is 2. The number of amides is 2. The summed E-state index contributed by atoms with van der Waals surface area (Å²) >= 11 is 13.2. The molecule has 0 spiro atoms. The van der Waals surface area contributed by atoms with Gasteiger partial charge in [-0.3, -0.25) is 14.5 Å². The maximum atomic E-state index is 12.8. The number of nitrogens with one attached hydrogen (secondary N) is 1. The lowest BCUT2D eigenvalue weighted by atomic mass is 10.1. The minimum absolute atomic E-state index is 0.00455. The zero-order valence-electron chi connectivity index (χ0n) is 16.9. The van der Waals surface area contributed by atoms with E-state index in [1.807, 2.05) is 12.1 Å². The Morgan fingerprint density at radius 3 is 2.47 bits per heavy atom. The predicted octanol–water partition coefficient (Wildman–Crippen LogP) is 4.22. The average molecular weight is 494 g/mol. The van der Waals surface area contributed by atoms with Crippen LogP contribution in [0.25, 0.3) is 10.1 Å². The fourth-order valence-corrected chi connectivity index (χ4v) is 5.45. The van der Waals surface area contributed by atoms with E-state index in [-0.39, 0.29) is 32.5 Å². The van der Waals surface area contributed by atoms with Crippen molar-refractivity contribution in [3.8, 4) is 5.75 Å². The van der Waals surface area contributed by atoms with Gasteiger partial charge in [0, 0.05) is 30.6 Å². The number of phenolic OH excluding ortho intramolecular Hbond substituents is 1. The average Bonchev–Trinajstić information content (AvgIpc) is 3.12. The van der Waals surface area contributed by atoms with Crippen LogP contribution in [0.3, 0.4) is 0 Å². The number of carbonyl (C=O) groups excluding carboxylic acids is 2. The van der Waals surface area contributed by atoms with Crippen LogP contribution in [0.5, 0.6) is 5.75 Å². The summed E-state index contributed by atoms with van der Waals surface area (Å²) in [7, 11) is 0. The number of hydrogen-bond acceptors (Lipinski definition) is 6. The number of hydrogen-bond donors (Lipinski definition) is 4. The van der Waals surface area contributed by atoms with Crippen molar-refractivity contribution in [1.82, 2.24) is 4.90 Å². The zero-order chi connectivity index (χ0) is 23.0. The lowest BCUT2D eigenvalue weighted by Gasteiger charge is -2.29. The summed E-state index contributed by atoms with van der Waals surface area (Å²) in [5, 5.41) is 22.9. The number of likely N-dealkylation sites (tertiary alicyclic amines) is 1. The standard InChI is InChI=1S/C22H21Cl2N3O4S/c23-15-9-14-16(20(25)30)22(32-19(14)17(24)18(15)29)26-21(31)12-3-1-11(2-4-12)10-27-7-5-13(28)6-8-27/h1-4,9,13,28-29H,5-8,10H2,(H2,25,30)(H,26,31). The predicted molar refractivity (Wildman–Crippen MR) is 127 cm³/mol. The number of primary amides is 1. The van der Waals surface area contributed by atoms with E-state index in [4.69, 9.17) is 28.9 Å². The van der Waals surface area contributed by atoms with Crippen molar-refractivity contribution in [2.24, 2.45) is 5.73 Å². The molecule has 1 aromatic heterocycles. The Kier molecular flexibility index (Phi) is 6.60. The molecular formula is C22H21Cl2N3O4S. The molecule has 10 heteroatoms. The van der Waals surface area contributed by atoms with Crippen LogP contribution >= 0.6 is 34.5 Å². The molecular weight excluding hydrogens is 473 g/mol. The van der Waals surface area contributed by atoms with Crippen LogP contribution in [0.2, 0.25) is 10.0 Å². The summed E-state index contributed by atoms with van der Waals surface area (Å²) in [6.45, 7) is 2.43. The molecule has 5 N–H and O–H groups in total. The Morgan fingerprint density at radius 2 is 1.84 bits per heavy atom. The highest BCUT2D eigenvalue weighted by atomic mass is 35.5. The van der Waals surface area contributed by atoms with Crippen LogP contribution in [0.4, 0.5) is 5.00 Å². The topological polar surface area (TPSA) is 116 Å². The van der Waals surface area contributed by atoms with Gasteiger partial charge in [0.2, 0.25) is 0 Å². The smallest absolute Gasteiger partial charge is 0.256 e. The molecule has 2 amide bonds. The van der Waals surface area contributed by atoms with Crippen molar-refractivity contribution in [2.75, 3.05) is 18.4 Å². The number of thiophene rings is 1. The van der Waals surface area contributed by atoms with Gasteiger partial charge in [0.05, 0.1) is 21.4 Å². The van der Waals surface area contributed by atoms with E-state index in [0.717, 1.165) is 49.4 Å². The van der Waals surface area contributed by atoms with Crippen molar-refractivity contribution in [3.63, 3.8) is 0 Å². The minimum atomic E-state index is -0.744. The van der Waals surface area contributed by atoms with Gasteiger partial charge in [-0.15, -0.1) is 11.3 Å². The van der Waals surface area contributed by atoms with Crippen molar-refractivity contribution in [2.45, 2.75) is 25.5 Å². The summed E-state index contributed by atoms with van der Waals surface area (Å²) in [6, 6.07) is 8.61. The van der Waals surface area contributed by atoms with E-state index in [9.17, 15) is 19.8 Å². The van der Waals surface area contributed by atoms with Crippen molar-refractivity contribution in [1.29, 1.82) is 0 Å². The molecule has 2 aromatic carbocycles. The first-order valence-electron chi connectivity index (χ1n) is 9.98. The molecule has 1 aliphatic rings. The van der Waals surface area contributed by atoms with E-state index >= 15 is 0 Å². The van der Waals surface area contributed by atoms with Crippen molar-refractivity contribution >= 4 is 61.4 Å². The molecule has 1 aliphatic heterocycles. The van der Waals surface area contributed by atoms with Crippen LogP contribution in [0, 0.1) is 0 Å². The molecule has 32 heavy (non-hydrogen) atoms. The van der Waals surface area contributed by atoms with Gasteiger partial charge in [-0.05, 0) is 36.6 Å². The van der Waals surface area contributed by atoms with Gasteiger partial charge >= 0.3 is 0 Å². The van der Waals surface area contributed by atoms with Gasteiger partial charge in [0.1, 0.15) is 10.0 Å². The van der Waals surface area contributed by atoms with Gasteiger partial charge in [0.25, 0.3) is 11.8 Å². The first-order chi connectivity index (χ1) is 15.2. The quantitative estimate of drug-likeness (QED) is 0.424. The van der Waals surface area contributed by atoms with E-state index in [2.05, 4.69) is 10.2 Å². The second kappa shape index (κ2) is 9.25. The molecule has 0 aliphatic carbocycles. The second-order valence-corrected chi connectivity index (χ2v) is 9.53. The zero-order valence-corrected chi connectivity index (χ0v) is 19.2. The minimum Gasteiger partial charge on any atom is -0.505 e. The van der Waals surface area contributed by atoms with Gasteiger partial charge in [-0.25, -0.2) is 0 Å². The largest absolute Gasteiger partial charge is 0.505 e. The summed E-state index contributed by atoms with van der Waals surface area (Å²) in [5.74, 6) is -1.45. The highest BCUT2D eigenvalue weighted by Gasteiger charge is 2.23. The van der Waals surface area contributed by atoms with Crippen molar-refractivity contribution < 1.29 is 19.8 Å². The first-order valence-corrected chi connectivity index (χ1v) is 11.6. The first kappa shape index (κ1) is 22.8. The van der Waals surface area contributed by atoms with Crippen molar-refractivity contribution in [3.05, 3.63) is 57.1 Å². The fraction of sp³-hybridized carbons (Fsp3) is 0.273. The monoisotopic (exact) mass is 493 g/mol. The number of benzene rings is 2. The molecule has 0 saturated carbocycles. The molecule has 4 rings (SSSR count). The number of nitrogens with two attached hydrogens (primary N) is 1. The van der Waals surface area contributed by atoms with Crippen LogP contribution in [-0.2, 0) is 6.54 Å². The van der Waals surface area contributed by atoms with Crippen LogP contribution in [-0.4, -0.2) is 46.1 Å². The summed E-state index contributed by atoms with van der Waals surface area (Å²) < 4.78 is 0.402. The van der Waals surface area contributed by atoms with E-state index in [1.54, 1.807) is 12.1 Å². The number of aromatic hydroxyl groups is 1. The summed E-state index contributed by atoms with van der Waals surface area (Å²) in [6.07, 6.45) is 1.32. The Labute approximate surface area is 198 Å². The number of halogens is 2. The maximum absolute atomic E-state index is 12.8. The number of aliphatic hydroxyl groups is 1. The Balaban J connectivity index is 1.54. The molecule has 0 radical (unpaired) electrons. The highest BCUT2D eigenvalue weighted by Crippen LogP contribution is 2.46. The summed E-state index contributed by atoms with van der Waals surface area (Å²) in [5.41, 5.74) is 7.11. The number of fused-ring (bicyclic) bond motifs is 1. The summed E-state index contributed by atoms with van der Waals surface area (Å²) in [4.78, 5) is 27.2. The third kappa shape index (κ3) is 4.55. The molecule has 1 fully saturated rings. The number of aliphatic hydroxyl groups excluding tert-OH is 1. The number of anilines is 1. The third-order valence-corrected chi connectivity index (χ3v) is 7.41. The maximum Gasteiger partial charge on any atom is 0.256 e. The van der Waals surface area contributed by atoms with Crippen LogP contribution in [0.15, 0.2) is 30.3 Å². The number of piperidine rings is 1. The molecule has 1 saturated heterocycles. The number of rotatable bonds is 5. The molecule has 7 nitrogen and oxygen atoms in total. The molecule has 2 heterocycles. The normalized spacial score (nSPS) is 15.2. The fourth-order valence-electron chi connectivity index (χ4n) is 3.76. The molecule has 0 bridgehead atoms. The molecule has 168 valence electrons. The Hall–Kier alpha value is -2.36. The number of nitrogens with zero attached hydrogens (tertiary/aromatic N) is 1. The van der Waals surface area contributed by atoms with E-state index < -0.39 is 11.8 Å². The molecule has 3 aromatic rings. The Morgan fingerprint density at radius 1 is 1.19 bits per heavy atom.